The van der Waals surface area contributed by atoms with Crippen LogP contribution in [0.4, 0.5) is 5.13 Å². The van der Waals surface area contributed by atoms with Crippen molar-refractivity contribution in [3.05, 3.63) is 82.0 Å². The number of hydrogen-bond acceptors (Lipinski definition) is 5. The summed E-state index contributed by atoms with van der Waals surface area (Å²) >= 11 is 7.39. The molecule has 8 heteroatoms. The van der Waals surface area contributed by atoms with Crippen LogP contribution < -0.4 is 15.4 Å². The summed E-state index contributed by atoms with van der Waals surface area (Å²) in [6.07, 6.45) is 3.22. The van der Waals surface area contributed by atoms with Crippen LogP contribution in [0.15, 0.2) is 65.8 Å². The molecule has 0 saturated carbocycles. The third-order valence-electron chi connectivity index (χ3n) is 3.83. The normalized spacial score (nSPS) is 11.3. The Labute approximate surface area is 183 Å². The van der Waals surface area contributed by atoms with E-state index < -0.39 is 11.8 Å². The van der Waals surface area contributed by atoms with Crippen LogP contribution in [0, 0.1) is 0 Å². The molecule has 0 radical (unpaired) electrons. The highest BCUT2D eigenvalue weighted by molar-refractivity contribution is 7.13. The van der Waals surface area contributed by atoms with Gasteiger partial charge in [0.15, 0.2) is 5.13 Å². The van der Waals surface area contributed by atoms with Gasteiger partial charge in [0, 0.05) is 11.6 Å². The van der Waals surface area contributed by atoms with E-state index in [1.54, 1.807) is 66.2 Å². The van der Waals surface area contributed by atoms with Crippen molar-refractivity contribution in [3.63, 3.8) is 0 Å². The summed E-state index contributed by atoms with van der Waals surface area (Å²) < 4.78 is 5.64. The molecule has 0 aliphatic heterocycles. The molecule has 3 aromatic rings. The molecule has 0 aliphatic carbocycles. The van der Waals surface area contributed by atoms with E-state index in [4.69, 9.17) is 16.3 Å². The highest BCUT2D eigenvalue weighted by atomic mass is 35.5. The maximum Gasteiger partial charge on any atom is 0.273 e. The Balaban J connectivity index is 1.86. The van der Waals surface area contributed by atoms with E-state index in [-0.39, 0.29) is 17.4 Å². The predicted octanol–water partition coefficient (Wildman–Crippen LogP) is 4.99. The molecule has 0 saturated heterocycles. The lowest BCUT2D eigenvalue weighted by atomic mass is 10.1. The second-order valence-electron chi connectivity index (χ2n) is 6.52. The number of carbonyl (C=O) groups excluding carboxylic acids is 2. The Hall–Kier alpha value is -3.16. The highest BCUT2D eigenvalue weighted by Gasteiger charge is 2.17. The van der Waals surface area contributed by atoms with E-state index in [9.17, 15) is 9.59 Å². The maximum absolute atomic E-state index is 12.8. The van der Waals surface area contributed by atoms with Crippen LogP contribution in [0.25, 0.3) is 6.08 Å². The number of hydrogen-bond donors (Lipinski definition) is 2. The average Bonchev–Trinajstić information content (AvgIpc) is 3.21. The van der Waals surface area contributed by atoms with Crippen LogP contribution in [-0.2, 0) is 4.79 Å². The Kier molecular flexibility index (Phi) is 7.21. The minimum atomic E-state index is -0.493. The number of benzene rings is 2. The van der Waals surface area contributed by atoms with Crippen LogP contribution in [0.2, 0.25) is 5.02 Å². The number of halogens is 1. The van der Waals surface area contributed by atoms with Gasteiger partial charge in [-0.2, -0.15) is 0 Å². The lowest BCUT2D eigenvalue weighted by Gasteiger charge is -2.12. The number of rotatable bonds is 7. The number of thiazole rings is 1. The van der Waals surface area contributed by atoms with Gasteiger partial charge in [0.1, 0.15) is 11.4 Å². The lowest BCUT2D eigenvalue weighted by molar-refractivity contribution is -0.113. The molecule has 154 valence electrons. The molecule has 0 aliphatic rings. The topological polar surface area (TPSA) is 80.3 Å². The van der Waals surface area contributed by atoms with Crippen LogP contribution in [0.1, 0.15) is 29.8 Å². The molecule has 2 N–H and O–H groups in total. The van der Waals surface area contributed by atoms with Crippen LogP contribution in [0.3, 0.4) is 0 Å². The van der Waals surface area contributed by atoms with E-state index in [1.807, 2.05) is 13.8 Å². The SMILES string of the molecule is CC(C)Oc1ccc(/C=C(\NC(=O)c2ccccc2Cl)C(=O)Nc2nccs2)cc1. The van der Waals surface area contributed by atoms with Gasteiger partial charge in [0.05, 0.1) is 16.7 Å². The molecular weight excluding hydrogens is 422 g/mol. The van der Waals surface area contributed by atoms with Crippen molar-refractivity contribution in [3.8, 4) is 5.75 Å². The standard InChI is InChI=1S/C22H20ClN3O3S/c1-14(2)29-16-9-7-15(8-10-16)13-19(21(28)26-22-24-11-12-30-22)25-20(27)17-5-3-4-6-18(17)23/h3-14H,1-2H3,(H,25,27)(H,24,26,28)/b19-13-. The van der Waals surface area contributed by atoms with Gasteiger partial charge < -0.3 is 10.1 Å². The number of nitrogens with zero attached hydrogens (tertiary/aromatic N) is 1. The molecule has 1 heterocycles. The maximum atomic E-state index is 12.8. The minimum Gasteiger partial charge on any atom is -0.491 e. The monoisotopic (exact) mass is 441 g/mol. The van der Waals surface area contributed by atoms with Crippen molar-refractivity contribution in [2.45, 2.75) is 20.0 Å². The molecule has 0 fully saturated rings. The van der Waals surface area contributed by atoms with Crippen LogP contribution in [-0.4, -0.2) is 22.9 Å². The first-order chi connectivity index (χ1) is 14.4. The average molecular weight is 442 g/mol. The van der Waals surface area contributed by atoms with E-state index in [1.165, 1.54) is 11.3 Å². The number of ether oxygens (including phenoxy) is 1. The van der Waals surface area contributed by atoms with Crippen molar-refractivity contribution < 1.29 is 14.3 Å². The molecule has 30 heavy (non-hydrogen) atoms. The summed E-state index contributed by atoms with van der Waals surface area (Å²) in [5.41, 5.74) is 1.05. The van der Waals surface area contributed by atoms with Crippen LogP contribution in [0.5, 0.6) is 5.75 Å². The molecule has 6 nitrogen and oxygen atoms in total. The fourth-order valence-electron chi connectivity index (χ4n) is 2.52. The van der Waals surface area contributed by atoms with Gasteiger partial charge in [-0.05, 0) is 49.8 Å². The molecule has 1 aromatic heterocycles. The quantitative estimate of drug-likeness (QED) is 0.506. The summed E-state index contributed by atoms with van der Waals surface area (Å²) in [6, 6.07) is 13.8. The van der Waals surface area contributed by atoms with Gasteiger partial charge in [-0.3, -0.25) is 14.9 Å². The zero-order valence-corrected chi connectivity index (χ0v) is 18.0. The van der Waals surface area contributed by atoms with Gasteiger partial charge in [0.25, 0.3) is 11.8 Å². The summed E-state index contributed by atoms with van der Waals surface area (Å²) in [4.78, 5) is 29.5. The zero-order valence-electron chi connectivity index (χ0n) is 16.4. The van der Waals surface area contributed by atoms with Gasteiger partial charge in [-0.25, -0.2) is 4.98 Å². The lowest BCUT2D eigenvalue weighted by Crippen LogP contribution is -2.30. The number of carbonyl (C=O) groups is 2. The Morgan fingerprint density at radius 3 is 2.50 bits per heavy atom. The van der Waals surface area contributed by atoms with E-state index in [2.05, 4.69) is 15.6 Å². The second kappa shape index (κ2) is 10.0. The Morgan fingerprint density at radius 1 is 1.13 bits per heavy atom. The first-order valence-corrected chi connectivity index (χ1v) is 10.4. The first kappa shape index (κ1) is 21.5. The van der Waals surface area contributed by atoms with Crippen molar-refractivity contribution in [2.24, 2.45) is 0 Å². The zero-order chi connectivity index (χ0) is 21.5. The number of aromatic nitrogens is 1. The molecule has 3 rings (SSSR count). The van der Waals surface area contributed by atoms with E-state index in [0.29, 0.717) is 10.2 Å². The molecule has 0 unspecified atom stereocenters. The summed E-state index contributed by atoms with van der Waals surface area (Å²) in [6.45, 7) is 3.89. The number of anilines is 1. The second-order valence-corrected chi connectivity index (χ2v) is 7.82. The van der Waals surface area contributed by atoms with Crippen molar-refractivity contribution in [1.82, 2.24) is 10.3 Å². The number of nitrogens with one attached hydrogen (secondary N) is 2. The van der Waals surface area contributed by atoms with Crippen molar-refractivity contribution in [2.75, 3.05) is 5.32 Å². The minimum absolute atomic E-state index is 0.0564. The van der Waals surface area contributed by atoms with Gasteiger partial charge in [-0.1, -0.05) is 35.9 Å². The molecule has 2 aromatic carbocycles. The highest BCUT2D eigenvalue weighted by Crippen LogP contribution is 2.19. The Morgan fingerprint density at radius 2 is 1.87 bits per heavy atom. The third-order valence-corrected chi connectivity index (χ3v) is 4.85. The summed E-state index contributed by atoms with van der Waals surface area (Å²) in [5, 5.41) is 7.80. The van der Waals surface area contributed by atoms with Gasteiger partial charge in [0.2, 0.25) is 0 Å². The van der Waals surface area contributed by atoms with Crippen molar-refractivity contribution >= 4 is 46.0 Å². The third kappa shape index (κ3) is 5.92. The Bertz CT molecular complexity index is 1050. The van der Waals surface area contributed by atoms with E-state index in [0.717, 1.165) is 11.3 Å². The van der Waals surface area contributed by atoms with Crippen molar-refractivity contribution in [1.29, 1.82) is 0 Å². The summed E-state index contributed by atoms with van der Waals surface area (Å²) in [5.74, 6) is -0.259. The summed E-state index contributed by atoms with van der Waals surface area (Å²) in [7, 11) is 0. The number of amides is 2. The van der Waals surface area contributed by atoms with Crippen LogP contribution >= 0.6 is 22.9 Å². The van der Waals surface area contributed by atoms with Gasteiger partial charge >= 0.3 is 0 Å². The van der Waals surface area contributed by atoms with Gasteiger partial charge in [-0.15, -0.1) is 11.3 Å². The van der Waals surface area contributed by atoms with E-state index >= 15 is 0 Å². The molecule has 2 amide bonds. The smallest absolute Gasteiger partial charge is 0.273 e. The fourth-order valence-corrected chi connectivity index (χ4v) is 3.27. The predicted molar refractivity (Wildman–Crippen MR) is 120 cm³/mol. The molecular formula is C22H20ClN3O3S. The largest absolute Gasteiger partial charge is 0.491 e. The first-order valence-electron chi connectivity index (χ1n) is 9.17. The molecule has 0 atom stereocenters. The molecule has 0 bridgehead atoms. The molecule has 0 spiro atoms. The fraction of sp³-hybridized carbons (Fsp3) is 0.136.